The van der Waals surface area contributed by atoms with E-state index in [1.165, 1.54) is 13.8 Å². The van der Waals surface area contributed by atoms with Crippen molar-refractivity contribution in [2.45, 2.75) is 39.4 Å². The van der Waals surface area contributed by atoms with Crippen molar-refractivity contribution in [3.8, 4) is 0 Å². The highest BCUT2D eigenvalue weighted by Crippen LogP contribution is 2.38. The zero-order valence-corrected chi connectivity index (χ0v) is 18.1. The summed E-state index contributed by atoms with van der Waals surface area (Å²) < 4.78 is 65.9. The van der Waals surface area contributed by atoms with Gasteiger partial charge in [0.15, 0.2) is 5.69 Å². The summed E-state index contributed by atoms with van der Waals surface area (Å²) in [5, 5.41) is 5.62. The molecule has 32 heavy (non-hydrogen) atoms. The zero-order chi connectivity index (χ0) is 24.0. The van der Waals surface area contributed by atoms with Crippen molar-refractivity contribution >= 4 is 50.7 Å². The third kappa shape index (κ3) is 4.53. The molecule has 0 bridgehead atoms. The molecule has 3 aromatic rings. The molecule has 3 aromatic heterocycles. The summed E-state index contributed by atoms with van der Waals surface area (Å²) in [5.74, 6) is -1.56. The van der Waals surface area contributed by atoms with Crippen LogP contribution in [0.3, 0.4) is 0 Å². The van der Waals surface area contributed by atoms with Crippen LogP contribution in [0.1, 0.15) is 45.2 Å². The van der Waals surface area contributed by atoms with Crippen LogP contribution in [0.25, 0.3) is 10.2 Å². The van der Waals surface area contributed by atoms with E-state index in [0.29, 0.717) is 5.56 Å². The average molecular weight is 496 g/mol. The Labute approximate surface area is 186 Å². The minimum absolute atomic E-state index is 0.0134. The molecule has 0 aliphatic rings. The van der Waals surface area contributed by atoms with Crippen LogP contribution < -0.4 is 11.1 Å². The van der Waals surface area contributed by atoms with Gasteiger partial charge in [-0.05, 0) is 25.5 Å². The minimum atomic E-state index is -4.75. The fraction of sp³-hybridized carbons (Fsp3) is 0.333. The number of primary amides is 1. The Kier molecular flexibility index (Phi) is 6.43. The number of fused-ring (bicyclic) bond motifs is 1. The maximum atomic E-state index is 13.0. The first kappa shape index (κ1) is 23.9. The number of nitrogens with zero attached hydrogens (tertiary/aromatic N) is 3. The predicted octanol–water partition coefficient (Wildman–Crippen LogP) is 4.85. The lowest BCUT2D eigenvalue weighted by Gasteiger charge is -2.09. The Bertz CT molecular complexity index is 1220. The number of amides is 2. The summed E-state index contributed by atoms with van der Waals surface area (Å²) in [4.78, 5) is 28.1. The Hall–Kier alpha value is -2.80. The van der Waals surface area contributed by atoms with Gasteiger partial charge in [0.05, 0.1) is 22.9 Å². The van der Waals surface area contributed by atoms with Crippen molar-refractivity contribution in [2.24, 2.45) is 5.73 Å². The maximum absolute atomic E-state index is 13.0. The molecule has 3 heterocycles. The smallest absolute Gasteiger partial charge is 0.365 e. The lowest BCUT2D eigenvalue weighted by Crippen LogP contribution is -2.19. The second-order valence-electron chi connectivity index (χ2n) is 6.78. The molecule has 3 N–H and O–H groups in total. The molecule has 7 nitrogen and oxygen atoms in total. The number of aromatic nitrogens is 3. The molecule has 0 radical (unpaired) electrons. The highest BCUT2D eigenvalue weighted by atomic mass is 35.5. The largest absolute Gasteiger partial charge is 0.436 e. The molecule has 14 heteroatoms. The maximum Gasteiger partial charge on any atom is 0.436 e. The number of halogens is 6. The Morgan fingerprint density at radius 1 is 1.31 bits per heavy atom. The van der Waals surface area contributed by atoms with E-state index in [2.05, 4.69) is 15.4 Å². The number of anilines is 1. The first-order chi connectivity index (χ1) is 14.8. The van der Waals surface area contributed by atoms with Crippen molar-refractivity contribution in [1.82, 2.24) is 14.8 Å². The van der Waals surface area contributed by atoms with Crippen LogP contribution in [-0.2, 0) is 17.5 Å². The van der Waals surface area contributed by atoms with Gasteiger partial charge in [0.2, 0.25) is 5.91 Å². The first-order valence-electron chi connectivity index (χ1n) is 8.93. The van der Waals surface area contributed by atoms with E-state index in [-0.39, 0.29) is 39.4 Å². The van der Waals surface area contributed by atoms with E-state index in [0.717, 1.165) is 22.1 Å². The molecule has 0 fully saturated rings. The third-order valence-corrected chi connectivity index (χ3v) is 6.09. The Morgan fingerprint density at radius 3 is 2.50 bits per heavy atom. The first-order valence-corrected chi connectivity index (χ1v) is 10.1. The lowest BCUT2D eigenvalue weighted by atomic mass is 10.1. The molecular weight excluding hydrogens is 481 g/mol. The Balaban J connectivity index is 1.87. The number of pyridine rings is 1. The van der Waals surface area contributed by atoms with E-state index in [4.69, 9.17) is 17.3 Å². The zero-order valence-electron chi connectivity index (χ0n) is 16.5. The second kappa shape index (κ2) is 8.62. The summed E-state index contributed by atoms with van der Waals surface area (Å²) in [6.07, 6.45) is -7.89. The fourth-order valence-electron chi connectivity index (χ4n) is 3.04. The van der Waals surface area contributed by atoms with Gasteiger partial charge in [-0.2, -0.15) is 18.3 Å². The molecular formula is C18H15ClF5N5O2S. The van der Waals surface area contributed by atoms with Crippen molar-refractivity contribution < 1.29 is 31.5 Å². The second-order valence-corrected chi connectivity index (χ2v) is 8.16. The molecule has 0 atom stereocenters. The van der Waals surface area contributed by atoms with Gasteiger partial charge in [0, 0.05) is 11.8 Å². The van der Waals surface area contributed by atoms with Gasteiger partial charge in [-0.25, -0.2) is 13.8 Å². The van der Waals surface area contributed by atoms with E-state index in [1.807, 2.05) is 0 Å². The van der Waals surface area contributed by atoms with Crippen LogP contribution in [0.4, 0.5) is 27.6 Å². The normalized spacial score (nSPS) is 12.0. The summed E-state index contributed by atoms with van der Waals surface area (Å²) in [5.41, 5.74) is 4.00. The van der Waals surface area contributed by atoms with Crippen LogP contribution in [0.5, 0.6) is 0 Å². The number of carbonyl (C=O) groups is 2. The van der Waals surface area contributed by atoms with Gasteiger partial charge in [-0.1, -0.05) is 11.6 Å². The topological polar surface area (TPSA) is 103 Å². The quantitative estimate of drug-likeness (QED) is 0.477. The molecule has 0 aromatic carbocycles. The van der Waals surface area contributed by atoms with E-state index in [9.17, 15) is 31.5 Å². The van der Waals surface area contributed by atoms with Gasteiger partial charge in [-0.15, -0.1) is 11.3 Å². The molecule has 0 spiro atoms. The number of nitrogens with two attached hydrogens (primary N) is 1. The van der Waals surface area contributed by atoms with E-state index >= 15 is 0 Å². The molecule has 3 rings (SSSR count). The number of alkyl halides is 5. The predicted molar refractivity (Wildman–Crippen MR) is 108 cm³/mol. The van der Waals surface area contributed by atoms with Gasteiger partial charge in [-0.3, -0.25) is 14.3 Å². The van der Waals surface area contributed by atoms with Gasteiger partial charge >= 0.3 is 6.18 Å². The molecule has 0 unspecified atom stereocenters. The van der Waals surface area contributed by atoms with Crippen LogP contribution in [0, 0.1) is 13.8 Å². The summed E-state index contributed by atoms with van der Waals surface area (Å²) in [7, 11) is 0. The molecule has 0 aliphatic carbocycles. The molecule has 0 aliphatic heterocycles. The SMILES string of the molecule is Cc1cc(C(F)F)nc2sc(C(N)=O)c(NC(=O)CCn3nc(C(F)(F)F)c(Cl)c3C)c12. The molecule has 2 amide bonds. The fourth-order valence-corrected chi connectivity index (χ4v) is 4.35. The van der Waals surface area contributed by atoms with Crippen molar-refractivity contribution in [1.29, 1.82) is 0 Å². The highest BCUT2D eigenvalue weighted by molar-refractivity contribution is 7.21. The third-order valence-electron chi connectivity index (χ3n) is 4.54. The summed E-state index contributed by atoms with van der Waals surface area (Å²) in [6.45, 7) is 2.61. The monoisotopic (exact) mass is 495 g/mol. The summed E-state index contributed by atoms with van der Waals surface area (Å²) in [6, 6.07) is 1.13. The van der Waals surface area contributed by atoms with Gasteiger partial charge < -0.3 is 11.1 Å². The van der Waals surface area contributed by atoms with E-state index < -0.39 is 40.8 Å². The van der Waals surface area contributed by atoms with Gasteiger partial charge in [0.1, 0.15) is 15.4 Å². The number of hydrogen-bond donors (Lipinski definition) is 2. The van der Waals surface area contributed by atoms with Crippen LogP contribution in [0.2, 0.25) is 5.02 Å². The van der Waals surface area contributed by atoms with Crippen molar-refractivity contribution in [3.05, 3.63) is 38.6 Å². The van der Waals surface area contributed by atoms with Crippen LogP contribution in [0.15, 0.2) is 6.07 Å². The standard InChI is InChI=1S/C18H15ClF5N5O2S/c1-6-5-8(15(20)21)26-17-10(6)12(13(32-17)16(25)31)27-9(30)3-4-29-7(2)11(19)14(28-29)18(22,23)24/h5,15H,3-4H2,1-2H3,(H2,25,31)(H,27,30). The van der Waals surface area contributed by atoms with Crippen molar-refractivity contribution in [3.63, 3.8) is 0 Å². The number of nitrogens with one attached hydrogen (secondary N) is 1. The molecule has 172 valence electrons. The number of carbonyl (C=O) groups excluding carboxylic acids is 2. The lowest BCUT2D eigenvalue weighted by molar-refractivity contribution is -0.141. The van der Waals surface area contributed by atoms with Crippen molar-refractivity contribution in [2.75, 3.05) is 5.32 Å². The number of thiophene rings is 1. The van der Waals surface area contributed by atoms with Crippen LogP contribution in [-0.4, -0.2) is 26.6 Å². The Morgan fingerprint density at radius 2 is 1.97 bits per heavy atom. The highest BCUT2D eigenvalue weighted by Gasteiger charge is 2.38. The average Bonchev–Trinajstić information content (AvgIpc) is 3.18. The summed E-state index contributed by atoms with van der Waals surface area (Å²) >= 11 is 6.44. The molecule has 0 saturated heterocycles. The van der Waals surface area contributed by atoms with E-state index in [1.54, 1.807) is 0 Å². The minimum Gasteiger partial charge on any atom is -0.365 e. The number of hydrogen-bond acceptors (Lipinski definition) is 5. The number of aryl methyl sites for hydroxylation is 2. The molecule has 0 saturated carbocycles. The van der Waals surface area contributed by atoms with Crippen LogP contribution >= 0.6 is 22.9 Å². The number of rotatable bonds is 6. The van der Waals surface area contributed by atoms with Gasteiger partial charge in [0.25, 0.3) is 12.3 Å².